The second-order valence-corrected chi connectivity index (χ2v) is 8.00. The number of hydrogen-bond donors (Lipinski definition) is 5. The van der Waals surface area contributed by atoms with E-state index in [0.717, 1.165) is 24.6 Å². The number of carbonyl (C=O) groups is 1. The van der Waals surface area contributed by atoms with Crippen molar-refractivity contribution in [3.05, 3.63) is 33.2 Å². The van der Waals surface area contributed by atoms with Crippen LogP contribution in [0.3, 0.4) is 0 Å². The third-order valence-electron chi connectivity index (χ3n) is 4.37. The Morgan fingerprint density at radius 2 is 2.23 bits per heavy atom. The SMILES string of the molecule is CC(C)(C(=O)O)N(O)[PH](=O)OC[C@@]1(N=[N+]=[N-])O[C@@H](n2ccc(N)nc2=O)[C@H](O)[C@@H]1O. The van der Waals surface area contributed by atoms with Gasteiger partial charge < -0.3 is 35.5 Å². The third kappa shape index (κ3) is 4.30. The molecular weight excluding hydrogens is 429 g/mol. The Labute approximate surface area is 168 Å². The molecule has 1 fully saturated rings. The number of rotatable bonds is 8. The highest BCUT2D eigenvalue weighted by molar-refractivity contribution is 7.36. The molecule has 1 aliphatic rings. The first-order chi connectivity index (χ1) is 13.9. The average molecular weight is 449 g/mol. The summed E-state index contributed by atoms with van der Waals surface area (Å²) in [6.45, 7) is 1.13. The van der Waals surface area contributed by atoms with Gasteiger partial charge >= 0.3 is 11.7 Å². The summed E-state index contributed by atoms with van der Waals surface area (Å²) in [4.78, 5) is 29.1. The number of aliphatic carboxylic acids is 1. The number of hydrogen-bond acceptors (Lipinski definition) is 11. The van der Waals surface area contributed by atoms with Crippen LogP contribution in [0.15, 0.2) is 22.2 Å². The second-order valence-electron chi connectivity index (χ2n) is 6.75. The van der Waals surface area contributed by atoms with E-state index in [1.807, 2.05) is 0 Å². The number of aromatic nitrogens is 2. The molecule has 0 saturated carbocycles. The Kier molecular flexibility index (Phi) is 6.86. The van der Waals surface area contributed by atoms with Crippen LogP contribution < -0.4 is 11.4 Å². The molecule has 0 amide bonds. The fourth-order valence-corrected chi connectivity index (χ4v) is 3.47. The van der Waals surface area contributed by atoms with Gasteiger partial charge in [-0.05, 0) is 25.4 Å². The van der Waals surface area contributed by atoms with Gasteiger partial charge in [0.2, 0.25) is 5.72 Å². The minimum Gasteiger partial charge on any atom is -0.480 e. The molecule has 17 heteroatoms. The molecule has 2 heterocycles. The van der Waals surface area contributed by atoms with Crippen molar-refractivity contribution in [2.75, 3.05) is 12.3 Å². The summed E-state index contributed by atoms with van der Waals surface area (Å²) in [6, 6.07) is 1.21. The lowest BCUT2D eigenvalue weighted by molar-refractivity contribution is -0.165. The molecule has 1 saturated heterocycles. The molecule has 16 nitrogen and oxygen atoms in total. The van der Waals surface area contributed by atoms with Crippen molar-refractivity contribution in [3.63, 3.8) is 0 Å². The number of nitrogens with zero attached hydrogens (tertiary/aromatic N) is 6. The number of carboxylic acid groups (broad SMARTS) is 1. The summed E-state index contributed by atoms with van der Waals surface area (Å²) >= 11 is 0. The van der Waals surface area contributed by atoms with Gasteiger partial charge in [-0.15, -0.1) is 4.83 Å². The van der Waals surface area contributed by atoms with E-state index < -0.39 is 56.1 Å². The summed E-state index contributed by atoms with van der Waals surface area (Å²) < 4.78 is 23.3. The zero-order valence-corrected chi connectivity index (χ0v) is 16.7. The van der Waals surface area contributed by atoms with Gasteiger partial charge in [-0.2, -0.15) is 4.98 Å². The molecule has 30 heavy (non-hydrogen) atoms. The van der Waals surface area contributed by atoms with E-state index in [4.69, 9.17) is 25.6 Å². The van der Waals surface area contributed by atoms with E-state index in [2.05, 4.69) is 15.0 Å². The van der Waals surface area contributed by atoms with E-state index in [9.17, 15) is 29.6 Å². The summed E-state index contributed by atoms with van der Waals surface area (Å²) in [5, 5.41) is 42.9. The molecule has 6 N–H and O–H groups in total. The van der Waals surface area contributed by atoms with Crippen LogP contribution in [-0.2, 0) is 18.6 Å². The normalized spacial score (nSPS) is 27.6. The van der Waals surface area contributed by atoms with Gasteiger partial charge in [0.05, 0.1) is 6.61 Å². The maximum atomic E-state index is 12.2. The first-order valence-corrected chi connectivity index (χ1v) is 9.48. The average Bonchev–Trinajstić information content (AvgIpc) is 2.91. The van der Waals surface area contributed by atoms with Crippen molar-refractivity contribution in [2.45, 2.75) is 43.5 Å². The number of azide groups is 1. The zero-order chi connectivity index (χ0) is 22.9. The summed E-state index contributed by atoms with van der Waals surface area (Å²) in [5.74, 6) is -1.63. The molecule has 0 aliphatic carbocycles. The Balaban J connectivity index is 2.29. The topological polar surface area (TPSA) is 246 Å². The van der Waals surface area contributed by atoms with E-state index in [-0.39, 0.29) is 10.7 Å². The van der Waals surface area contributed by atoms with Crippen molar-refractivity contribution >= 4 is 20.0 Å². The molecular formula is C13H20N7O9P. The Morgan fingerprint density at radius 3 is 2.77 bits per heavy atom. The van der Waals surface area contributed by atoms with Gasteiger partial charge in [-0.1, -0.05) is 5.11 Å². The fourth-order valence-electron chi connectivity index (χ4n) is 2.46. The lowest BCUT2D eigenvalue weighted by Gasteiger charge is -2.30. The Hall–Kier alpha value is -2.55. The van der Waals surface area contributed by atoms with Crippen LogP contribution in [0.1, 0.15) is 20.1 Å². The van der Waals surface area contributed by atoms with Crippen LogP contribution in [0, 0.1) is 0 Å². The van der Waals surface area contributed by atoms with Crippen LogP contribution in [0.25, 0.3) is 10.4 Å². The number of aliphatic hydroxyl groups is 2. The van der Waals surface area contributed by atoms with Gasteiger partial charge in [0, 0.05) is 11.1 Å². The number of aliphatic hydroxyl groups excluding tert-OH is 2. The predicted octanol–water partition coefficient (Wildman–Crippen LogP) is -0.957. The highest BCUT2D eigenvalue weighted by atomic mass is 31.1. The van der Waals surface area contributed by atoms with Crippen molar-refractivity contribution in [2.24, 2.45) is 5.11 Å². The van der Waals surface area contributed by atoms with Crippen LogP contribution in [0.5, 0.6) is 0 Å². The molecule has 5 atom stereocenters. The number of ether oxygens (including phenoxy) is 1. The molecule has 1 aliphatic heterocycles. The zero-order valence-electron chi connectivity index (χ0n) is 15.7. The van der Waals surface area contributed by atoms with Crippen LogP contribution in [0.2, 0.25) is 0 Å². The molecule has 1 aromatic rings. The van der Waals surface area contributed by atoms with Crippen molar-refractivity contribution in [3.8, 4) is 0 Å². The van der Waals surface area contributed by atoms with E-state index in [1.54, 1.807) is 0 Å². The molecule has 1 aromatic heterocycles. The number of nitrogen functional groups attached to an aromatic ring is 1. The first-order valence-electron chi connectivity index (χ1n) is 8.21. The number of hydroxylamine groups is 1. The van der Waals surface area contributed by atoms with E-state index in [1.165, 1.54) is 6.07 Å². The minimum atomic E-state index is -3.64. The van der Waals surface area contributed by atoms with E-state index in [0.29, 0.717) is 0 Å². The number of anilines is 1. The van der Waals surface area contributed by atoms with Gasteiger partial charge in [0.15, 0.2) is 6.23 Å². The maximum Gasteiger partial charge on any atom is 0.351 e. The van der Waals surface area contributed by atoms with E-state index >= 15 is 0 Å². The van der Waals surface area contributed by atoms with Crippen molar-refractivity contribution in [1.82, 2.24) is 14.4 Å². The number of nitrogens with two attached hydrogens (primary N) is 1. The van der Waals surface area contributed by atoms with Crippen molar-refractivity contribution < 1.29 is 39.1 Å². The van der Waals surface area contributed by atoms with Gasteiger partial charge in [-0.3, -0.25) is 13.9 Å². The smallest absolute Gasteiger partial charge is 0.351 e. The second kappa shape index (κ2) is 8.67. The monoisotopic (exact) mass is 449 g/mol. The summed E-state index contributed by atoms with van der Waals surface area (Å²) in [7, 11) is -3.64. The number of carboxylic acids is 1. The van der Waals surface area contributed by atoms with Crippen LogP contribution >= 0.6 is 8.18 Å². The Morgan fingerprint density at radius 1 is 1.60 bits per heavy atom. The van der Waals surface area contributed by atoms with Crippen LogP contribution in [-0.4, -0.2) is 71.0 Å². The molecule has 0 bridgehead atoms. The summed E-state index contributed by atoms with van der Waals surface area (Å²) in [5.41, 5.74) is 8.93. The quantitative estimate of drug-likeness (QED) is 0.106. The first kappa shape index (κ1) is 23.7. The lowest BCUT2D eigenvalue weighted by atomic mass is 10.1. The predicted molar refractivity (Wildman–Crippen MR) is 97.2 cm³/mol. The van der Waals surface area contributed by atoms with Crippen molar-refractivity contribution in [1.29, 1.82) is 0 Å². The summed E-state index contributed by atoms with van der Waals surface area (Å²) in [6.07, 6.45) is -4.24. The molecule has 1 unspecified atom stereocenters. The highest BCUT2D eigenvalue weighted by Gasteiger charge is 2.56. The van der Waals surface area contributed by atoms with Gasteiger partial charge in [0.25, 0.3) is 8.18 Å². The third-order valence-corrected chi connectivity index (χ3v) is 5.67. The van der Waals surface area contributed by atoms with Crippen LogP contribution in [0.4, 0.5) is 5.82 Å². The van der Waals surface area contributed by atoms with Gasteiger partial charge in [0.1, 0.15) is 23.6 Å². The highest BCUT2D eigenvalue weighted by Crippen LogP contribution is 2.41. The molecule has 166 valence electrons. The molecule has 2 rings (SSSR count). The molecule has 0 spiro atoms. The van der Waals surface area contributed by atoms with Gasteiger partial charge in [-0.25, -0.2) is 4.79 Å². The fraction of sp³-hybridized carbons (Fsp3) is 0.615. The Bertz CT molecular complexity index is 949. The molecule has 0 aromatic carbocycles. The lowest BCUT2D eigenvalue weighted by Crippen LogP contribution is -2.46. The maximum absolute atomic E-state index is 12.2. The minimum absolute atomic E-state index is 0.0482. The molecule has 0 radical (unpaired) electrons. The largest absolute Gasteiger partial charge is 0.480 e. The standard InChI is InChI=1S/C13H20N7O9P/c1-12(2,10(23)24)20(26)30(27)28-5-13(17-18-15)8(22)7(21)9(29-13)19-4-3-6(14)16-11(19)25/h3-4,7-9,21-22,26,30H,5H2,1-2H3,(H,23,24)(H2,14,16,25)/t7-,8+,9-,13-/m1/s1.